The predicted octanol–water partition coefficient (Wildman–Crippen LogP) is 1.63. The predicted molar refractivity (Wildman–Crippen MR) is 86.5 cm³/mol. The molecule has 0 bridgehead atoms. The number of hydrogen-bond donors (Lipinski definition) is 0. The summed E-state index contributed by atoms with van der Waals surface area (Å²) in [6.45, 7) is 0. The number of amides is 1. The SMILES string of the molecule is CN(C(=O)C=Cc1ccccc1)c1cc[c]([Ge+3])cc1.[OH-].[OH-].[OH-]. The van der Waals surface area contributed by atoms with Gasteiger partial charge in [-0.3, -0.25) is 0 Å². The Hall–Kier alpha value is -1.93. The smallest absolute Gasteiger partial charge is 0.870 e. The molecule has 0 aromatic heterocycles. The van der Waals surface area contributed by atoms with E-state index in [0.29, 0.717) is 0 Å². The molecule has 0 fully saturated rings. The second-order valence-corrected chi connectivity index (χ2v) is 5.40. The van der Waals surface area contributed by atoms with Gasteiger partial charge in [-0.2, -0.15) is 0 Å². The summed E-state index contributed by atoms with van der Waals surface area (Å²) in [4.78, 5) is 13.7. The molecule has 6 heteroatoms. The number of likely N-dealkylation sites (N-methyl/N-ethyl adjacent to an activating group) is 1. The number of carbonyl (C=O) groups excluding carboxylic acids is 1. The zero-order chi connectivity index (χ0) is 13.7. The minimum absolute atomic E-state index is 0. The maximum atomic E-state index is 12.0. The summed E-state index contributed by atoms with van der Waals surface area (Å²) in [5.41, 5.74) is 1.92. The van der Waals surface area contributed by atoms with E-state index in [4.69, 9.17) is 0 Å². The van der Waals surface area contributed by atoms with E-state index in [2.05, 4.69) is 0 Å². The van der Waals surface area contributed by atoms with Crippen molar-refractivity contribution in [1.82, 2.24) is 0 Å². The molecular weight excluding hydrogens is 343 g/mol. The summed E-state index contributed by atoms with van der Waals surface area (Å²) >= 11 is 2.03. The van der Waals surface area contributed by atoms with Crippen LogP contribution in [0.3, 0.4) is 0 Å². The van der Waals surface area contributed by atoms with Crippen LogP contribution in [0.5, 0.6) is 0 Å². The van der Waals surface area contributed by atoms with E-state index in [-0.39, 0.29) is 22.3 Å². The molecular formula is C16H17GeNO4. The number of hydrogen-bond acceptors (Lipinski definition) is 4. The van der Waals surface area contributed by atoms with Gasteiger partial charge in [-0.05, 0) is 0 Å². The Morgan fingerprint density at radius 1 is 0.955 bits per heavy atom. The van der Waals surface area contributed by atoms with Crippen molar-refractivity contribution < 1.29 is 21.2 Å². The first-order valence-electron chi connectivity index (χ1n) is 5.99. The summed E-state index contributed by atoms with van der Waals surface area (Å²) in [5.74, 6) is -0.0345. The molecule has 0 saturated heterocycles. The zero-order valence-electron chi connectivity index (χ0n) is 12.0. The molecule has 0 heterocycles. The fourth-order valence-corrected chi connectivity index (χ4v) is 2.01. The molecule has 0 aliphatic heterocycles. The topological polar surface area (TPSA) is 110 Å². The molecule has 114 valence electrons. The first kappa shape index (κ1) is 22.4. The second kappa shape index (κ2) is 10.8. The fraction of sp³-hybridized carbons (Fsp3) is 0.0625. The van der Waals surface area contributed by atoms with E-state index in [0.717, 1.165) is 11.3 Å². The molecule has 2 aromatic rings. The average molecular weight is 360 g/mol. The van der Waals surface area contributed by atoms with Crippen LogP contribution in [0.1, 0.15) is 5.56 Å². The number of rotatable bonds is 3. The summed E-state index contributed by atoms with van der Waals surface area (Å²) in [5, 5.41) is 0. The third kappa shape index (κ3) is 6.23. The average Bonchev–Trinajstić information content (AvgIpc) is 2.46. The Bertz CT molecular complexity index is 585. The van der Waals surface area contributed by atoms with Crippen LogP contribution in [0.2, 0.25) is 0 Å². The quantitative estimate of drug-likeness (QED) is 0.612. The van der Waals surface area contributed by atoms with Crippen molar-refractivity contribution in [3.8, 4) is 0 Å². The Kier molecular flexibility index (Phi) is 10.9. The summed E-state index contributed by atoms with van der Waals surface area (Å²) < 4.78 is 1.18. The number of nitrogens with zero attached hydrogens (tertiary/aromatic N) is 1. The first-order chi connectivity index (χ1) is 9.16. The van der Waals surface area contributed by atoms with Gasteiger partial charge in [0, 0.05) is 0 Å². The standard InChI is InChI=1S/C16H14GeNO.3H2O/c1-18(15-10-8-14(17)9-11-15)16(19)12-7-13-5-3-2-4-6-13;;;/h2-12H,1H3;3*1H2/q+3;;;/p-3. The van der Waals surface area contributed by atoms with Gasteiger partial charge < -0.3 is 16.4 Å². The Labute approximate surface area is 138 Å². The van der Waals surface area contributed by atoms with Crippen molar-refractivity contribution >= 4 is 38.6 Å². The maximum Gasteiger partial charge on any atom is -0.870 e. The minimum Gasteiger partial charge on any atom is -0.870 e. The zero-order valence-corrected chi connectivity index (χ0v) is 14.1. The summed E-state index contributed by atoms with van der Waals surface area (Å²) in [6, 6.07) is 17.7. The summed E-state index contributed by atoms with van der Waals surface area (Å²) in [7, 11) is 1.78. The number of carbonyl (C=O) groups is 1. The fourth-order valence-electron chi connectivity index (χ4n) is 1.66. The normalized spacial score (nSPS) is 9.23. The van der Waals surface area contributed by atoms with Crippen molar-refractivity contribution in [3.05, 3.63) is 66.2 Å². The van der Waals surface area contributed by atoms with Crippen molar-refractivity contribution in [3.63, 3.8) is 0 Å². The van der Waals surface area contributed by atoms with Gasteiger partial charge in [-0.15, -0.1) is 0 Å². The Morgan fingerprint density at radius 2 is 1.50 bits per heavy atom. The van der Waals surface area contributed by atoms with Crippen LogP contribution in [-0.2, 0) is 4.79 Å². The van der Waals surface area contributed by atoms with Gasteiger partial charge >= 0.3 is 122 Å². The molecule has 2 aromatic carbocycles. The molecule has 0 radical (unpaired) electrons. The molecule has 1 amide bonds. The van der Waals surface area contributed by atoms with E-state index in [1.54, 1.807) is 18.0 Å². The van der Waals surface area contributed by atoms with Crippen LogP contribution in [0.15, 0.2) is 60.7 Å². The first-order valence-corrected chi connectivity index (χ1v) is 7.04. The van der Waals surface area contributed by atoms with Gasteiger partial charge in [0.25, 0.3) is 0 Å². The van der Waals surface area contributed by atoms with Crippen LogP contribution < -0.4 is 9.30 Å². The monoisotopic (exact) mass is 361 g/mol. The summed E-state index contributed by atoms with van der Waals surface area (Å²) in [6.07, 6.45) is 3.42. The third-order valence-corrected chi connectivity index (χ3v) is 3.50. The molecule has 0 spiro atoms. The van der Waals surface area contributed by atoms with E-state index in [1.807, 2.05) is 77.2 Å². The molecule has 0 unspecified atom stereocenters. The minimum atomic E-state index is -0.0345. The molecule has 0 aliphatic rings. The molecule has 0 aliphatic carbocycles. The van der Waals surface area contributed by atoms with Crippen molar-refractivity contribution in [1.29, 1.82) is 0 Å². The largest absolute Gasteiger partial charge is 0.870 e. The van der Waals surface area contributed by atoms with Crippen LogP contribution in [0, 0.1) is 0 Å². The molecule has 5 nitrogen and oxygen atoms in total. The van der Waals surface area contributed by atoms with Crippen LogP contribution >= 0.6 is 0 Å². The van der Waals surface area contributed by atoms with Crippen LogP contribution in [-0.4, -0.2) is 45.9 Å². The molecule has 3 N–H and O–H groups in total. The van der Waals surface area contributed by atoms with Gasteiger partial charge in [0.15, 0.2) is 0 Å². The molecule has 22 heavy (non-hydrogen) atoms. The molecule has 2 rings (SSSR count). The van der Waals surface area contributed by atoms with Gasteiger partial charge in [0.2, 0.25) is 0 Å². The third-order valence-electron chi connectivity index (χ3n) is 2.80. The van der Waals surface area contributed by atoms with E-state index < -0.39 is 0 Å². The van der Waals surface area contributed by atoms with Gasteiger partial charge in [-0.25, -0.2) is 0 Å². The second-order valence-electron chi connectivity index (χ2n) is 4.19. The Morgan fingerprint density at radius 3 is 2.05 bits per heavy atom. The Balaban J connectivity index is 0. The van der Waals surface area contributed by atoms with Crippen LogP contribution in [0.4, 0.5) is 5.69 Å². The maximum absolute atomic E-state index is 12.0. The van der Waals surface area contributed by atoms with E-state index in [1.165, 1.54) is 4.40 Å². The van der Waals surface area contributed by atoms with Crippen LogP contribution in [0.25, 0.3) is 6.08 Å². The van der Waals surface area contributed by atoms with Gasteiger partial charge in [0.05, 0.1) is 0 Å². The number of anilines is 1. The molecule has 0 atom stereocenters. The van der Waals surface area contributed by atoms with Crippen molar-refractivity contribution in [2.24, 2.45) is 0 Å². The van der Waals surface area contributed by atoms with Crippen molar-refractivity contribution in [2.75, 3.05) is 11.9 Å². The van der Waals surface area contributed by atoms with Gasteiger partial charge in [0.1, 0.15) is 0 Å². The molecule has 0 saturated carbocycles. The van der Waals surface area contributed by atoms with E-state index in [9.17, 15) is 4.79 Å². The number of benzene rings is 2. The van der Waals surface area contributed by atoms with Crippen molar-refractivity contribution in [2.45, 2.75) is 0 Å². The van der Waals surface area contributed by atoms with E-state index >= 15 is 0 Å². The van der Waals surface area contributed by atoms with Gasteiger partial charge in [-0.1, -0.05) is 0 Å².